The molecule has 0 N–H and O–H groups in total. The molecule has 1 aliphatic carbocycles. The van der Waals surface area contributed by atoms with Gasteiger partial charge in [0.25, 0.3) is 0 Å². The molecule has 0 radical (unpaired) electrons. The Bertz CT molecular complexity index is 409. The lowest BCUT2D eigenvalue weighted by molar-refractivity contribution is -0.0180. The van der Waals surface area contributed by atoms with E-state index in [0.29, 0.717) is 24.0 Å². The lowest BCUT2D eigenvalue weighted by Gasteiger charge is -2.37. The molecule has 1 unspecified atom stereocenters. The van der Waals surface area contributed by atoms with Crippen LogP contribution in [0.5, 0.6) is 6.01 Å². The van der Waals surface area contributed by atoms with Crippen molar-refractivity contribution in [2.24, 2.45) is 11.8 Å². The van der Waals surface area contributed by atoms with E-state index >= 15 is 0 Å². The van der Waals surface area contributed by atoms with Gasteiger partial charge in [0, 0.05) is 44.7 Å². The summed E-state index contributed by atoms with van der Waals surface area (Å²) in [5.74, 6) is 1.39. The van der Waals surface area contributed by atoms with Gasteiger partial charge in [-0.15, -0.1) is 0 Å². The molecule has 19 heavy (non-hydrogen) atoms. The SMILES string of the molecule is COc1ncc(CN2C[C@H]3CC[C@@H](C2)C3OC)cn1. The highest BCUT2D eigenvalue weighted by Crippen LogP contribution is 2.38. The molecule has 0 spiro atoms. The summed E-state index contributed by atoms with van der Waals surface area (Å²) in [5, 5.41) is 0. The second kappa shape index (κ2) is 5.43. The zero-order valence-corrected chi connectivity index (χ0v) is 11.6. The highest BCUT2D eigenvalue weighted by molar-refractivity contribution is 5.08. The molecular formula is C14H21N3O2. The van der Waals surface area contributed by atoms with Crippen molar-refractivity contribution in [1.29, 1.82) is 0 Å². The van der Waals surface area contributed by atoms with Crippen LogP contribution in [-0.4, -0.2) is 48.3 Å². The van der Waals surface area contributed by atoms with Crippen molar-refractivity contribution in [2.75, 3.05) is 27.3 Å². The molecule has 1 saturated carbocycles. The maximum atomic E-state index is 5.64. The molecule has 2 bridgehead atoms. The fraction of sp³-hybridized carbons (Fsp3) is 0.714. The van der Waals surface area contributed by atoms with E-state index < -0.39 is 0 Å². The third-order valence-electron chi connectivity index (χ3n) is 4.37. The summed E-state index contributed by atoms with van der Waals surface area (Å²) in [6.07, 6.45) is 6.80. The molecule has 1 aromatic heterocycles. The fourth-order valence-corrected chi connectivity index (χ4v) is 3.57. The summed E-state index contributed by atoms with van der Waals surface area (Å²) in [6.45, 7) is 3.18. The molecule has 5 nitrogen and oxygen atoms in total. The van der Waals surface area contributed by atoms with Crippen LogP contribution in [0.15, 0.2) is 12.4 Å². The van der Waals surface area contributed by atoms with E-state index in [0.717, 1.165) is 25.2 Å². The van der Waals surface area contributed by atoms with Gasteiger partial charge in [-0.25, -0.2) is 9.97 Å². The molecule has 3 atom stereocenters. The number of hydrogen-bond donors (Lipinski definition) is 0. The van der Waals surface area contributed by atoms with Gasteiger partial charge >= 0.3 is 6.01 Å². The molecule has 0 aromatic carbocycles. The van der Waals surface area contributed by atoms with Gasteiger partial charge in [-0.3, -0.25) is 4.90 Å². The highest BCUT2D eigenvalue weighted by atomic mass is 16.5. The Morgan fingerprint density at radius 3 is 2.32 bits per heavy atom. The van der Waals surface area contributed by atoms with Crippen LogP contribution in [0.1, 0.15) is 18.4 Å². The highest BCUT2D eigenvalue weighted by Gasteiger charge is 2.41. The third-order valence-corrected chi connectivity index (χ3v) is 4.37. The number of fused-ring (bicyclic) bond motifs is 2. The van der Waals surface area contributed by atoms with Crippen molar-refractivity contribution in [3.8, 4) is 6.01 Å². The van der Waals surface area contributed by atoms with Gasteiger partial charge in [-0.05, 0) is 24.7 Å². The lowest BCUT2D eigenvalue weighted by atomic mass is 9.94. The number of piperidine rings is 1. The number of hydrogen-bond acceptors (Lipinski definition) is 5. The first-order chi connectivity index (χ1) is 9.30. The minimum Gasteiger partial charge on any atom is -0.467 e. The van der Waals surface area contributed by atoms with Crippen LogP contribution >= 0.6 is 0 Å². The number of aromatic nitrogens is 2. The first kappa shape index (κ1) is 12.8. The van der Waals surface area contributed by atoms with E-state index in [-0.39, 0.29) is 0 Å². The number of rotatable bonds is 4. The van der Waals surface area contributed by atoms with Gasteiger partial charge in [0.2, 0.25) is 0 Å². The van der Waals surface area contributed by atoms with Crippen LogP contribution in [0.4, 0.5) is 0 Å². The Morgan fingerprint density at radius 1 is 1.16 bits per heavy atom. The van der Waals surface area contributed by atoms with Crippen LogP contribution in [-0.2, 0) is 11.3 Å². The standard InChI is InChI=1S/C14H21N3O2/c1-18-13-11-3-4-12(13)9-17(8-11)7-10-5-15-14(19-2)16-6-10/h5-6,11-13H,3-4,7-9H2,1-2H3/t11-,12+,13?. The van der Waals surface area contributed by atoms with Crippen LogP contribution in [0, 0.1) is 11.8 Å². The van der Waals surface area contributed by atoms with Gasteiger partial charge in [0.1, 0.15) is 0 Å². The molecule has 5 heteroatoms. The molecular weight excluding hydrogens is 242 g/mol. The van der Waals surface area contributed by atoms with Gasteiger partial charge in [0.15, 0.2) is 0 Å². The van der Waals surface area contributed by atoms with Crippen molar-refractivity contribution in [1.82, 2.24) is 14.9 Å². The average Bonchev–Trinajstić information content (AvgIpc) is 2.70. The monoisotopic (exact) mass is 263 g/mol. The fourth-order valence-electron chi connectivity index (χ4n) is 3.57. The summed E-state index contributed by atoms with van der Waals surface area (Å²) in [4.78, 5) is 10.8. The van der Waals surface area contributed by atoms with Crippen molar-refractivity contribution < 1.29 is 9.47 Å². The molecule has 2 aliphatic rings. The first-order valence-electron chi connectivity index (χ1n) is 6.90. The summed E-state index contributed by atoms with van der Waals surface area (Å²) < 4.78 is 10.6. The summed E-state index contributed by atoms with van der Waals surface area (Å²) in [7, 11) is 3.44. The zero-order chi connectivity index (χ0) is 13.2. The quantitative estimate of drug-likeness (QED) is 0.820. The topological polar surface area (TPSA) is 47.5 Å². The van der Waals surface area contributed by atoms with Crippen LogP contribution in [0.25, 0.3) is 0 Å². The van der Waals surface area contributed by atoms with E-state index in [4.69, 9.17) is 9.47 Å². The molecule has 1 aliphatic heterocycles. The number of methoxy groups -OCH3 is 2. The van der Waals surface area contributed by atoms with E-state index in [1.165, 1.54) is 12.8 Å². The Labute approximate surface area is 113 Å². The predicted octanol–water partition coefficient (Wildman–Crippen LogP) is 1.34. The Balaban J connectivity index is 1.62. The molecule has 2 fully saturated rings. The van der Waals surface area contributed by atoms with Crippen LogP contribution in [0.3, 0.4) is 0 Å². The van der Waals surface area contributed by atoms with E-state index in [1.807, 2.05) is 19.5 Å². The van der Waals surface area contributed by atoms with Crippen LogP contribution < -0.4 is 4.74 Å². The predicted molar refractivity (Wildman–Crippen MR) is 70.9 cm³/mol. The second-order valence-electron chi connectivity index (χ2n) is 5.57. The smallest absolute Gasteiger partial charge is 0.316 e. The van der Waals surface area contributed by atoms with Gasteiger partial charge in [-0.2, -0.15) is 0 Å². The normalized spacial score (nSPS) is 30.5. The minimum absolute atomic E-state index is 0.432. The number of nitrogens with zero attached hydrogens (tertiary/aromatic N) is 3. The minimum atomic E-state index is 0.432. The Kier molecular flexibility index (Phi) is 3.66. The maximum absolute atomic E-state index is 5.64. The van der Waals surface area contributed by atoms with E-state index in [9.17, 15) is 0 Å². The first-order valence-corrected chi connectivity index (χ1v) is 6.90. The van der Waals surface area contributed by atoms with E-state index in [2.05, 4.69) is 14.9 Å². The molecule has 3 rings (SSSR count). The van der Waals surface area contributed by atoms with Gasteiger partial charge in [-0.1, -0.05) is 0 Å². The second-order valence-corrected chi connectivity index (χ2v) is 5.57. The van der Waals surface area contributed by atoms with Gasteiger partial charge < -0.3 is 9.47 Å². The van der Waals surface area contributed by atoms with Crippen molar-refractivity contribution >= 4 is 0 Å². The van der Waals surface area contributed by atoms with Crippen molar-refractivity contribution in [2.45, 2.75) is 25.5 Å². The third kappa shape index (κ3) is 2.58. The summed E-state index contributed by atoms with van der Waals surface area (Å²) in [5.41, 5.74) is 1.15. The molecule has 0 amide bonds. The number of ether oxygens (including phenoxy) is 2. The molecule has 1 aromatic rings. The maximum Gasteiger partial charge on any atom is 0.316 e. The Hall–Kier alpha value is -1.20. The van der Waals surface area contributed by atoms with Crippen molar-refractivity contribution in [3.63, 3.8) is 0 Å². The molecule has 104 valence electrons. The van der Waals surface area contributed by atoms with Gasteiger partial charge in [0.05, 0.1) is 13.2 Å². The average molecular weight is 263 g/mol. The molecule has 1 saturated heterocycles. The number of likely N-dealkylation sites (tertiary alicyclic amines) is 1. The zero-order valence-electron chi connectivity index (χ0n) is 11.6. The lowest BCUT2D eigenvalue weighted by Crippen LogP contribution is -2.45. The van der Waals surface area contributed by atoms with Crippen molar-refractivity contribution in [3.05, 3.63) is 18.0 Å². The Morgan fingerprint density at radius 2 is 1.79 bits per heavy atom. The van der Waals surface area contributed by atoms with Crippen LogP contribution in [0.2, 0.25) is 0 Å². The van der Waals surface area contributed by atoms with E-state index in [1.54, 1.807) is 7.11 Å². The summed E-state index contributed by atoms with van der Waals surface area (Å²) in [6, 6.07) is 0.432. The summed E-state index contributed by atoms with van der Waals surface area (Å²) >= 11 is 0. The largest absolute Gasteiger partial charge is 0.467 e. The molecule has 2 heterocycles.